The number of fused-ring (bicyclic) bond motifs is 1. The summed E-state index contributed by atoms with van der Waals surface area (Å²) < 4.78 is 164. The lowest BCUT2D eigenvalue weighted by Gasteiger charge is -2.29. The van der Waals surface area contributed by atoms with Crippen molar-refractivity contribution in [1.29, 1.82) is 0 Å². The second-order valence-corrected chi connectivity index (χ2v) is 11.9. The van der Waals surface area contributed by atoms with Gasteiger partial charge in [-0.3, -0.25) is 14.4 Å². The summed E-state index contributed by atoms with van der Waals surface area (Å²) in [7, 11) is 0. The molecular weight excluding hydrogens is 682 g/mol. The van der Waals surface area contributed by atoms with Gasteiger partial charge in [-0.2, -0.15) is 39.5 Å². The molecule has 2 aromatic rings. The minimum absolute atomic E-state index is 0.0554. The summed E-state index contributed by atoms with van der Waals surface area (Å²) in [6.07, 6.45) is -22.4. The summed E-state index contributed by atoms with van der Waals surface area (Å²) in [6, 6.07) is 1.51. The highest BCUT2D eigenvalue weighted by molar-refractivity contribution is 6.03. The van der Waals surface area contributed by atoms with E-state index < -0.39 is 101 Å². The van der Waals surface area contributed by atoms with E-state index in [-0.39, 0.29) is 43.0 Å². The summed E-state index contributed by atoms with van der Waals surface area (Å²) in [5.74, 6) is -4.37. The lowest BCUT2D eigenvalue weighted by molar-refractivity contribution is -0.274. The number of carbonyl (C=O) groups is 3. The fourth-order valence-electron chi connectivity index (χ4n) is 5.47. The largest absolute Gasteiger partial charge is 0.573 e. The highest BCUT2D eigenvalue weighted by atomic mass is 19.4. The number of nitrogens with zero attached hydrogens (tertiary/aromatic N) is 1. The first kappa shape index (κ1) is 35.1. The van der Waals surface area contributed by atoms with Crippen molar-refractivity contribution < 1.29 is 71.8 Å². The molecule has 0 saturated heterocycles. The molecule has 2 fully saturated rings. The Bertz CT molecular complexity index is 1590. The van der Waals surface area contributed by atoms with E-state index in [9.17, 15) is 67.1 Å². The van der Waals surface area contributed by atoms with Crippen molar-refractivity contribution in [3.05, 3.63) is 58.7 Å². The monoisotopic (exact) mass is 705 g/mol. The minimum Gasteiger partial charge on any atom is -0.406 e. The fourth-order valence-corrected chi connectivity index (χ4v) is 5.47. The number of aryl methyl sites for hydroxylation is 1. The van der Waals surface area contributed by atoms with Crippen LogP contribution >= 0.6 is 0 Å². The van der Waals surface area contributed by atoms with E-state index in [1.807, 2.05) is 0 Å². The number of benzene rings is 2. The Morgan fingerprint density at radius 1 is 0.812 bits per heavy atom. The number of hydrogen-bond donors (Lipinski definition) is 2. The summed E-state index contributed by atoms with van der Waals surface area (Å²) in [5, 5.41) is 4.41. The number of amides is 3. The van der Waals surface area contributed by atoms with Gasteiger partial charge in [-0.1, -0.05) is 0 Å². The van der Waals surface area contributed by atoms with Crippen LogP contribution in [0.1, 0.15) is 54.4 Å². The van der Waals surface area contributed by atoms with Crippen molar-refractivity contribution >= 4 is 23.4 Å². The Hall–Kier alpha value is -4.19. The first-order valence-electron chi connectivity index (χ1n) is 14.1. The number of alkyl halides is 12. The van der Waals surface area contributed by atoms with Crippen molar-refractivity contribution in [3.63, 3.8) is 0 Å². The van der Waals surface area contributed by atoms with Crippen molar-refractivity contribution in [1.82, 2.24) is 10.6 Å². The molecule has 5 rings (SSSR count). The van der Waals surface area contributed by atoms with E-state index in [1.54, 1.807) is 0 Å². The Labute approximate surface area is 262 Å². The average molecular weight is 705 g/mol. The van der Waals surface area contributed by atoms with Gasteiger partial charge in [0.25, 0.3) is 0 Å². The molecule has 0 radical (unpaired) electrons. The topological polar surface area (TPSA) is 87.7 Å². The smallest absolute Gasteiger partial charge is 0.406 e. The third-order valence-corrected chi connectivity index (χ3v) is 8.40. The van der Waals surface area contributed by atoms with Crippen molar-refractivity contribution in [2.45, 2.75) is 81.5 Å². The molecule has 7 nitrogen and oxygen atoms in total. The minimum atomic E-state index is -5.24. The zero-order valence-electron chi connectivity index (χ0n) is 24.1. The summed E-state index contributed by atoms with van der Waals surface area (Å²) >= 11 is 0. The maximum absolute atomic E-state index is 13.8. The van der Waals surface area contributed by atoms with Crippen LogP contribution in [0.3, 0.4) is 0 Å². The molecule has 3 amide bonds. The number of halogens is 12. The SMILES string of the molecule is O=C1C(NC(=O)C2(NC(=O)C3(C(F)(F)F)CC3)CC2)CCc2cc(OC(F)(F)F)ccc2N1Cc1cc(C(F)(F)F)cc(C(F)(F)F)c1. The molecule has 0 aromatic heterocycles. The second-order valence-electron chi connectivity index (χ2n) is 11.9. The van der Waals surface area contributed by atoms with Gasteiger partial charge in [0.15, 0.2) is 0 Å². The van der Waals surface area contributed by atoms with Crippen LogP contribution in [-0.2, 0) is 39.7 Å². The molecule has 2 aliphatic carbocycles. The van der Waals surface area contributed by atoms with Crippen molar-refractivity contribution in [2.75, 3.05) is 4.90 Å². The van der Waals surface area contributed by atoms with Gasteiger partial charge < -0.3 is 20.3 Å². The summed E-state index contributed by atoms with van der Waals surface area (Å²) in [4.78, 5) is 40.3. The third-order valence-electron chi connectivity index (χ3n) is 8.40. The van der Waals surface area contributed by atoms with Gasteiger partial charge in [0.1, 0.15) is 22.7 Å². The highest BCUT2D eigenvalue weighted by Crippen LogP contribution is 2.58. The molecule has 3 aliphatic rings. The number of ether oxygens (including phenoxy) is 1. The van der Waals surface area contributed by atoms with Gasteiger partial charge in [0, 0.05) is 5.69 Å². The number of hydrogen-bond acceptors (Lipinski definition) is 4. The van der Waals surface area contributed by atoms with Gasteiger partial charge >= 0.3 is 24.9 Å². The van der Waals surface area contributed by atoms with Crippen LogP contribution in [0.5, 0.6) is 5.75 Å². The Morgan fingerprint density at radius 2 is 1.40 bits per heavy atom. The van der Waals surface area contributed by atoms with Crippen LogP contribution < -0.4 is 20.3 Å². The molecule has 1 unspecified atom stereocenters. The molecule has 19 heteroatoms. The van der Waals surface area contributed by atoms with Crippen LogP contribution in [-0.4, -0.2) is 41.8 Å². The van der Waals surface area contributed by atoms with Crippen LogP contribution in [0.2, 0.25) is 0 Å². The molecule has 1 heterocycles. The fraction of sp³-hybridized carbons (Fsp3) is 0.483. The van der Waals surface area contributed by atoms with E-state index in [4.69, 9.17) is 0 Å². The number of anilines is 1. The molecule has 1 aliphatic heterocycles. The van der Waals surface area contributed by atoms with Crippen LogP contribution in [0.4, 0.5) is 58.4 Å². The average Bonchev–Trinajstić information content (AvgIpc) is 3.86. The zero-order chi connectivity index (χ0) is 35.7. The maximum Gasteiger partial charge on any atom is 0.573 e. The maximum atomic E-state index is 13.8. The molecule has 0 bridgehead atoms. The van der Waals surface area contributed by atoms with E-state index in [0.717, 1.165) is 18.2 Å². The van der Waals surface area contributed by atoms with E-state index in [0.29, 0.717) is 17.0 Å². The second kappa shape index (κ2) is 11.5. The normalized spacial score (nSPS) is 20.4. The highest BCUT2D eigenvalue weighted by Gasteiger charge is 2.70. The lowest BCUT2D eigenvalue weighted by atomic mass is 10.0. The zero-order valence-corrected chi connectivity index (χ0v) is 24.1. The van der Waals surface area contributed by atoms with Crippen LogP contribution in [0.25, 0.3) is 0 Å². The van der Waals surface area contributed by atoms with Crippen LogP contribution in [0, 0.1) is 5.41 Å². The number of carbonyl (C=O) groups excluding carboxylic acids is 3. The Balaban J connectivity index is 1.47. The molecule has 48 heavy (non-hydrogen) atoms. The predicted octanol–water partition coefficient (Wildman–Crippen LogP) is 6.58. The van der Waals surface area contributed by atoms with Crippen LogP contribution in [0.15, 0.2) is 36.4 Å². The van der Waals surface area contributed by atoms with Crippen molar-refractivity contribution in [3.8, 4) is 5.75 Å². The van der Waals surface area contributed by atoms with E-state index >= 15 is 0 Å². The molecule has 2 saturated carbocycles. The Kier molecular flexibility index (Phi) is 8.39. The first-order chi connectivity index (χ1) is 21.9. The van der Waals surface area contributed by atoms with Crippen molar-refractivity contribution in [2.24, 2.45) is 5.41 Å². The van der Waals surface area contributed by atoms with E-state index in [1.165, 1.54) is 0 Å². The molecule has 2 N–H and O–H groups in total. The Morgan fingerprint density at radius 3 is 1.88 bits per heavy atom. The predicted molar refractivity (Wildman–Crippen MR) is 139 cm³/mol. The number of rotatable bonds is 7. The van der Waals surface area contributed by atoms with Gasteiger partial charge in [0.2, 0.25) is 17.7 Å². The van der Waals surface area contributed by atoms with E-state index in [2.05, 4.69) is 15.4 Å². The summed E-state index contributed by atoms with van der Waals surface area (Å²) in [5.41, 5.74) is -8.84. The first-order valence-corrected chi connectivity index (χ1v) is 14.1. The van der Waals surface area contributed by atoms with Gasteiger partial charge in [-0.05, 0) is 86.1 Å². The van der Waals surface area contributed by atoms with Gasteiger partial charge in [-0.15, -0.1) is 13.2 Å². The quantitative estimate of drug-likeness (QED) is 0.319. The molecule has 262 valence electrons. The molecule has 0 spiro atoms. The third kappa shape index (κ3) is 7.13. The molecule has 2 aromatic carbocycles. The number of nitrogens with one attached hydrogen (secondary N) is 2. The molecule has 1 atom stereocenters. The summed E-state index contributed by atoms with van der Waals surface area (Å²) in [6.45, 7) is -0.972. The van der Waals surface area contributed by atoms with Gasteiger partial charge in [-0.25, -0.2) is 0 Å². The lowest BCUT2D eigenvalue weighted by Crippen LogP contribution is -2.57. The molecular formula is C29H23F12N3O4. The standard InChI is InChI=1S/C29H23F12N3O4/c30-26(31,32)16-9-14(10-17(12-16)27(33,34)35)13-44-20-4-2-18(48-29(39,40)41)11-15(20)1-3-19(21(44)45)42-23(47)25(7-8-25)43-22(46)24(5-6-24)28(36,37)38/h2,4,9-12,19H,1,3,5-8,13H2,(H,42,47)(H,43,46). The van der Waals surface area contributed by atoms with Gasteiger partial charge in [0.05, 0.1) is 17.7 Å².